The van der Waals surface area contributed by atoms with Gasteiger partial charge >= 0.3 is 0 Å². The minimum atomic E-state index is 0.0342. The Morgan fingerprint density at radius 3 is 2.70 bits per heavy atom. The number of hydrogen-bond acceptors (Lipinski definition) is 3. The fourth-order valence-electron chi connectivity index (χ4n) is 4.91. The number of amides is 2. The lowest BCUT2D eigenvalue weighted by Gasteiger charge is -2.45. The third-order valence-corrected chi connectivity index (χ3v) is 6.28. The summed E-state index contributed by atoms with van der Waals surface area (Å²) in [6.07, 6.45) is 4.87. The summed E-state index contributed by atoms with van der Waals surface area (Å²) in [7, 11) is 0. The van der Waals surface area contributed by atoms with Crippen LogP contribution in [-0.2, 0) is 16.1 Å². The molecule has 6 heteroatoms. The number of H-pyrrole nitrogens is 1. The maximum Gasteiger partial charge on any atom is 0.219 e. The summed E-state index contributed by atoms with van der Waals surface area (Å²) in [6, 6.07) is 8.85. The molecular formula is C21H28N4O2. The molecular weight excluding hydrogens is 340 g/mol. The van der Waals surface area contributed by atoms with Gasteiger partial charge in [-0.15, -0.1) is 0 Å². The number of nitrogens with zero attached hydrogens (tertiary/aromatic N) is 2. The first-order chi connectivity index (χ1) is 12.9. The molecule has 2 N–H and O–H groups in total. The lowest BCUT2D eigenvalue weighted by Crippen LogP contribution is -2.52. The van der Waals surface area contributed by atoms with E-state index in [0.29, 0.717) is 0 Å². The van der Waals surface area contributed by atoms with Crippen LogP contribution in [0.5, 0.6) is 0 Å². The second-order valence-electron chi connectivity index (χ2n) is 8.11. The van der Waals surface area contributed by atoms with Gasteiger partial charge in [0.25, 0.3) is 0 Å². The van der Waals surface area contributed by atoms with Crippen molar-refractivity contribution in [2.75, 3.05) is 19.6 Å². The summed E-state index contributed by atoms with van der Waals surface area (Å²) in [5.41, 5.74) is 2.51. The number of hydrogen-bond donors (Lipinski definition) is 2. The van der Waals surface area contributed by atoms with E-state index in [4.69, 9.17) is 0 Å². The Bertz CT molecular complexity index is 851. The van der Waals surface area contributed by atoms with Gasteiger partial charge in [0.1, 0.15) is 0 Å². The first-order valence-corrected chi connectivity index (χ1v) is 9.79. The highest BCUT2D eigenvalue weighted by atomic mass is 16.2. The van der Waals surface area contributed by atoms with Crippen molar-refractivity contribution in [3.63, 3.8) is 0 Å². The fourth-order valence-corrected chi connectivity index (χ4v) is 4.91. The van der Waals surface area contributed by atoms with Crippen molar-refractivity contribution in [2.24, 2.45) is 0 Å². The predicted molar refractivity (Wildman–Crippen MR) is 105 cm³/mol. The Kier molecular flexibility index (Phi) is 4.68. The molecule has 27 heavy (non-hydrogen) atoms. The van der Waals surface area contributed by atoms with Crippen molar-refractivity contribution >= 4 is 22.7 Å². The van der Waals surface area contributed by atoms with Gasteiger partial charge in [0, 0.05) is 63.3 Å². The van der Waals surface area contributed by atoms with E-state index < -0.39 is 0 Å². The monoisotopic (exact) mass is 368 g/mol. The van der Waals surface area contributed by atoms with Crippen molar-refractivity contribution in [3.05, 3.63) is 36.0 Å². The average Bonchev–Trinajstić information content (AvgIpc) is 3.20. The number of carbonyl (C=O) groups excluding carboxylic acids is 2. The molecule has 1 aromatic carbocycles. The number of nitrogens with one attached hydrogen (secondary N) is 2. The number of aromatic amines is 1. The average molecular weight is 368 g/mol. The van der Waals surface area contributed by atoms with E-state index in [-0.39, 0.29) is 23.4 Å². The first-order valence-electron chi connectivity index (χ1n) is 9.79. The maximum atomic E-state index is 11.7. The van der Waals surface area contributed by atoms with Gasteiger partial charge in [0.2, 0.25) is 11.8 Å². The zero-order valence-electron chi connectivity index (χ0n) is 16.1. The standard InChI is InChI=1S/C21H28N4O2/c1-15(26)23-19-12-21(6-9-24(10-7-21)16(2)27)25(14-19)13-17-3-4-20-18(11-17)5-8-22-20/h3-5,8,11,19,22H,6-7,9-10,12-14H2,1-2H3,(H,23,26)/t19-/m1/s1. The minimum Gasteiger partial charge on any atom is -0.361 e. The van der Waals surface area contributed by atoms with Gasteiger partial charge in [-0.1, -0.05) is 6.07 Å². The molecule has 1 spiro atoms. The Morgan fingerprint density at radius 2 is 2.00 bits per heavy atom. The van der Waals surface area contributed by atoms with Crippen LogP contribution in [0, 0.1) is 0 Å². The highest BCUT2D eigenvalue weighted by Crippen LogP contribution is 2.39. The summed E-state index contributed by atoms with van der Waals surface area (Å²) in [6.45, 7) is 6.58. The molecule has 6 nitrogen and oxygen atoms in total. The van der Waals surface area contributed by atoms with E-state index in [1.165, 1.54) is 10.9 Å². The topological polar surface area (TPSA) is 68.4 Å². The van der Waals surface area contributed by atoms with Gasteiger partial charge in [-0.2, -0.15) is 0 Å². The summed E-state index contributed by atoms with van der Waals surface area (Å²) in [4.78, 5) is 31.1. The van der Waals surface area contributed by atoms with Crippen LogP contribution < -0.4 is 5.32 Å². The summed E-state index contributed by atoms with van der Waals surface area (Å²) in [5.74, 6) is 0.192. The zero-order valence-corrected chi connectivity index (χ0v) is 16.1. The molecule has 2 fully saturated rings. The Hall–Kier alpha value is -2.34. The lowest BCUT2D eigenvalue weighted by atomic mass is 9.84. The molecule has 0 radical (unpaired) electrons. The molecule has 2 aliphatic heterocycles. The number of benzene rings is 1. The van der Waals surface area contributed by atoms with Crippen LogP contribution in [0.3, 0.4) is 0 Å². The number of likely N-dealkylation sites (tertiary alicyclic amines) is 2. The van der Waals surface area contributed by atoms with Gasteiger partial charge in [-0.25, -0.2) is 0 Å². The van der Waals surface area contributed by atoms with Crippen molar-refractivity contribution in [1.29, 1.82) is 0 Å². The molecule has 4 rings (SSSR count). The van der Waals surface area contributed by atoms with Crippen molar-refractivity contribution in [1.82, 2.24) is 20.1 Å². The number of carbonyl (C=O) groups is 2. The quantitative estimate of drug-likeness (QED) is 0.873. The van der Waals surface area contributed by atoms with E-state index in [9.17, 15) is 9.59 Å². The molecule has 2 saturated heterocycles. The normalized spacial score (nSPS) is 22.4. The lowest BCUT2D eigenvalue weighted by molar-refractivity contribution is -0.131. The summed E-state index contributed by atoms with van der Waals surface area (Å²) in [5, 5.41) is 4.35. The Labute approximate surface area is 159 Å². The molecule has 1 aromatic heterocycles. The number of fused-ring (bicyclic) bond motifs is 1. The number of aromatic nitrogens is 1. The van der Waals surface area contributed by atoms with Crippen LogP contribution in [0.1, 0.15) is 38.7 Å². The number of piperidine rings is 1. The number of rotatable bonds is 3. The highest BCUT2D eigenvalue weighted by Gasteiger charge is 2.47. The third-order valence-electron chi connectivity index (χ3n) is 6.28. The molecule has 2 amide bonds. The van der Waals surface area contributed by atoms with Crippen LogP contribution >= 0.6 is 0 Å². The highest BCUT2D eigenvalue weighted by molar-refractivity contribution is 5.79. The van der Waals surface area contributed by atoms with Crippen LogP contribution in [0.4, 0.5) is 0 Å². The first kappa shape index (κ1) is 18.0. The molecule has 0 saturated carbocycles. The Morgan fingerprint density at radius 1 is 1.22 bits per heavy atom. The molecule has 144 valence electrons. The van der Waals surface area contributed by atoms with Crippen LogP contribution in [0.15, 0.2) is 30.5 Å². The summed E-state index contributed by atoms with van der Waals surface area (Å²) >= 11 is 0. The van der Waals surface area contributed by atoms with E-state index in [1.807, 2.05) is 11.1 Å². The van der Waals surface area contributed by atoms with Gasteiger partial charge in [0.05, 0.1) is 0 Å². The molecule has 3 heterocycles. The third kappa shape index (κ3) is 3.58. The molecule has 2 aliphatic rings. The Balaban J connectivity index is 1.55. The van der Waals surface area contributed by atoms with Crippen LogP contribution in [-0.4, -0.2) is 57.8 Å². The van der Waals surface area contributed by atoms with Crippen molar-refractivity contribution in [3.8, 4) is 0 Å². The fraction of sp³-hybridized carbons (Fsp3) is 0.524. The van der Waals surface area contributed by atoms with Crippen LogP contribution in [0.2, 0.25) is 0 Å². The molecule has 0 unspecified atom stereocenters. The second kappa shape index (κ2) is 7.00. The van der Waals surface area contributed by atoms with Crippen molar-refractivity contribution in [2.45, 2.75) is 51.2 Å². The smallest absolute Gasteiger partial charge is 0.219 e. The van der Waals surface area contributed by atoms with Gasteiger partial charge in [0.15, 0.2) is 0 Å². The maximum absolute atomic E-state index is 11.7. The summed E-state index contributed by atoms with van der Waals surface area (Å²) < 4.78 is 0. The van der Waals surface area contributed by atoms with Gasteiger partial charge < -0.3 is 15.2 Å². The van der Waals surface area contributed by atoms with E-state index >= 15 is 0 Å². The minimum absolute atomic E-state index is 0.0342. The van der Waals surface area contributed by atoms with E-state index in [1.54, 1.807) is 13.8 Å². The molecule has 0 aliphatic carbocycles. The van der Waals surface area contributed by atoms with Gasteiger partial charge in [-0.05, 0) is 48.4 Å². The molecule has 0 bridgehead atoms. The van der Waals surface area contributed by atoms with E-state index in [2.05, 4.69) is 39.5 Å². The largest absolute Gasteiger partial charge is 0.361 e. The van der Waals surface area contributed by atoms with Crippen LogP contribution in [0.25, 0.3) is 10.9 Å². The predicted octanol–water partition coefficient (Wildman–Crippen LogP) is 2.26. The SMILES string of the molecule is CC(=O)N[C@H]1CN(Cc2ccc3[nH]ccc3c2)C2(CCN(C(C)=O)CC2)C1. The van der Waals surface area contributed by atoms with E-state index in [0.717, 1.165) is 51.0 Å². The second-order valence-corrected chi connectivity index (χ2v) is 8.11. The molecule has 2 aromatic rings. The van der Waals surface area contributed by atoms with Gasteiger partial charge in [-0.3, -0.25) is 14.5 Å². The molecule has 1 atom stereocenters. The van der Waals surface area contributed by atoms with Crippen molar-refractivity contribution < 1.29 is 9.59 Å². The zero-order chi connectivity index (χ0) is 19.0.